The lowest BCUT2D eigenvalue weighted by Gasteiger charge is -2.23. The van der Waals surface area contributed by atoms with Gasteiger partial charge < -0.3 is 5.11 Å². The lowest BCUT2D eigenvalue weighted by molar-refractivity contribution is -0.138. The minimum absolute atomic E-state index is 0.182. The highest BCUT2D eigenvalue weighted by molar-refractivity contribution is 5.69. The Balaban J connectivity index is 3.87. The molecule has 0 heterocycles. The summed E-state index contributed by atoms with van der Waals surface area (Å²) in [7, 11) is 0. The molecule has 14 heavy (non-hydrogen) atoms. The molecule has 3 heteroatoms. The van der Waals surface area contributed by atoms with Gasteiger partial charge in [0.25, 0.3) is 0 Å². The molecule has 0 aliphatic rings. The fourth-order valence-electron chi connectivity index (χ4n) is 1.77. The first-order valence-corrected chi connectivity index (χ1v) is 5.54. The molecule has 1 unspecified atom stereocenters. The number of carboxylic acid groups (broad SMARTS) is 1. The van der Waals surface area contributed by atoms with Crippen molar-refractivity contribution < 1.29 is 9.90 Å². The number of aliphatic carboxylic acids is 1. The van der Waals surface area contributed by atoms with E-state index in [1.807, 2.05) is 4.90 Å². The average Bonchev–Trinajstić information content (AvgIpc) is 2.03. The first-order chi connectivity index (χ1) is 6.60. The Hall–Kier alpha value is -0.570. The summed E-state index contributed by atoms with van der Waals surface area (Å²) in [5.41, 5.74) is 0. The van der Waals surface area contributed by atoms with Gasteiger partial charge in [-0.05, 0) is 25.3 Å². The fraction of sp³-hybridized carbons (Fsp3) is 0.909. The van der Waals surface area contributed by atoms with E-state index < -0.39 is 5.97 Å². The monoisotopic (exact) mass is 201 g/mol. The van der Waals surface area contributed by atoms with Crippen LogP contribution in [0.15, 0.2) is 0 Å². The van der Waals surface area contributed by atoms with E-state index in [1.165, 1.54) is 12.8 Å². The summed E-state index contributed by atoms with van der Waals surface area (Å²) in [5.74, 6) is -0.118. The molecule has 0 fully saturated rings. The van der Waals surface area contributed by atoms with Crippen molar-refractivity contribution in [1.29, 1.82) is 0 Å². The topological polar surface area (TPSA) is 40.5 Å². The van der Waals surface area contributed by atoms with Crippen LogP contribution in [-0.4, -0.2) is 35.6 Å². The molecule has 0 rings (SSSR count). The van der Waals surface area contributed by atoms with Crippen LogP contribution >= 0.6 is 0 Å². The molecule has 0 radical (unpaired) electrons. The van der Waals surface area contributed by atoms with Crippen LogP contribution in [-0.2, 0) is 4.79 Å². The Morgan fingerprint density at radius 1 is 1.36 bits per heavy atom. The van der Waals surface area contributed by atoms with Crippen molar-refractivity contribution in [3.63, 3.8) is 0 Å². The quantitative estimate of drug-likeness (QED) is 0.654. The smallest absolute Gasteiger partial charge is 0.317 e. The van der Waals surface area contributed by atoms with Gasteiger partial charge in [-0.2, -0.15) is 0 Å². The second-order valence-electron chi connectivity index (χ2n) is 4.02. The summed E-state index contributed by atoms with van der Waals surface area (Å²) in [6, 6.07) is 0. The SMILES string of the molecule is CCCC(C)CN(CCC)CC(=O)O. The van der Waals surface area contributed by atoms with Crippen LogP contribution in [0.5, 0.6) is 0 Å². The third-order valence-electron chi connectivity index (χ3n) is 2.25. The van der Waals surface area contributed by atoms with Crippen LogP contribution in [0.25, 0.3) is 0 Å². The molecule has 0 saturated heterocycles. The van der Waals surface area contributed by atoms with E-state index in [4.69, 9.17) is 5.11 Å². The largest absolute Gasteiger partial charge is 0.480 e. The highest BCUT2D eigenvalue weighted by atomic mass is 16.4. The molecule has 0 aliphatic heterocycles. The van der Waals surface area contributed by atoms with Crippen molar-refractivity contribution in [2.75, 3.05) is 19.6 Å². The van der Waals surface area contributed by atoms with Crippen LogP contribution in [0.1, 0.15) is 40.0 Å². The summed E-state index contributed by atoms with van der Waals surface area (Å²) in [4.78, 5) is 12.6. The van der Waals surface area contributed by atoms with Gasteiger partial charge in [-0.3, -0.25) is 9.69 Å². The number of hydrogen-bond donors (Lipinski definition) is 1. The van der Waals surface area contributed by atoms with Crippen LogP contribution in [0, 0.1) is 5.92 Å². The van der Waals surface area contributed by atoms with Gasteiger partial charge in [0.05, 0.1) is 6.54 Å². The zero-order chi connectivity index (χ0) is 11.0. The molecule has 0 aliphatic carbocycles. The van der Waals surface area contributed by atoms with Gasteiger partial charge in [0.1, 0.15) is 0 Å². The Morgan fingerprint density at radius 2 is 2.00 bits per heavy atom. The Bertz CT molecular complexity index is 159. The molecule has 0 spiro atoms. The number of carboxylic acids is 1. The molecule has 0 saturated carbocycles. The lowest BCUT2D eigenvalue weighted by Crippen LogP contribution is -2.34. The number of rotatable bonds is 8. The maximum atomic E-state index is 10.6. The van der Waals surface area contributed by atoms with Crippen LogP contribution < -0.4 is 0 Å². The van der Waals surface area contributed by atoms with Crippen molar-refractivity contribution in [3.8, 4) is 0 Å². The van der Waals surface area contributed by atoms with Crippen LogP contribution in [0.2, 0.25) is 0 Å². The summed E-state index contributed by atoms with van der Waals surface area (Å²) in [5, 5.41) is 8.71. The Labute approximate surface area is 87.1 Å². The molecule has 0 aromatic rings. The zero-order valence-electron chi connectivity index (χ0n) is 9.62. The number of nitrogens with zero attached hydrogens (tertiary/aromatic N) is 1. The maximum Gasteiger partial charge on any atom is 0.317 e. The first-order valence-electron chi connectivity index (χ1n) is 5.54. The van der Waals surface area contributed by atoms with E-state index >= 15 is 0 Å². The molecule has 1 atom stereocenters. The minimum atomic E-state index is -0.720. The van der Waals surface area contributed by atoms with E-state index in [0.29, 0.717) is 5.92 Å². The first kappa shape index (κ1) is 13.4. The van der Waals surface area contributed by atoms with E-state index in [1.54, 1.807) is 0 Å². The highest BCUT2D eigenvalue weighted by Gasteiger charge is 2.11. The van der Waals surface area contributed by atoms with Gasteiger partial charge in [-0.1, -0.05) is 27.2 Å². The minimum Gasteiger partial charge on any atom is -0.480 e. The van der Waals surface area contributed by atoms with Crippen LogP contribution in [0.4, 0.5) is 0 Å². The van der Waals surface area contributed by atoms with E-state index in [-0.39, 0.29) is 6.54 Å². The lowest BCUT2D eigenvalue weighted by atomic mass is 10.1. The second-order valence-corrected chi connectivity index (χ2v) is 4.02. The second kappa shape index (κ2) is 7.80. The van der Waals surface area contributed by atoms with Gasteiger partial charge >= 0.3 is 5.97 Å². The Morgan fingerprint density at radius 3 is 2.43 bits per heavy atom. The van der Waals surface area contributed by atoms with Crippen molar-refractivity contribution in [1.82, 2.24) is 4.90 Å². The van der Waals surface area contributed by atoms with E-state index in [9.17, 15) is 4.79 Å². The maximum absolute atomic E-state index is 10.6. The predicted molar refractivity (Wildman–Crippen MR) is 58.4 cm³/mol. The number of hydrogen-bond acceptors (Lipinski definition) is 2. The predicted octanol–water partition coefficient (Wildman–Crippen LogP) is 2.22. The summed E-state index contributed by atoms with van der Waals surface area (Å²) >= 11 is 0. The van der Waals surface area contributed by atoms with E-state index in [0.717, 1.165) is 19.5 Å². The summed E-state index contributed by atoms with van der Waals surface area (Å²) in [6.07, 6.45) is 3.38. The molecular formula is C11H23NO2. The molecule has 84 valence electrons. The van der Waals surface area contributed by atoms with Crippen molar-refractivity contribution >= 4 is 5.97 Å². The summed E-state index contributed by atoms with van der Waals surface area (Å²) in [6.45, 7) is 8.42. The molecule has 0 aromatic heterocycles. The van der Waals surface area contributed by atoms with Crippen molar-refractivity contribution in [3.05, 3.63) is 0 Å². The molecular weight excluding hydrogens is 178 g/mol. The molecule has 3 nitrogen and oxygen atoms in total. The van der Waals surface area contributed by atoms with Crippen molar-refractivity contribution in [2.24, 2.45) is 5.92 Å². The third-order valence-corrected chi connectivity index (χ3v) is 2.25. The van der Waals surface area contributed by atoms with Gasteiger partial charge in [0.15, 0.2) is 0 Å². The average molecular weight is 201 g/mol. The standard InChI is InChI=1S/C11H23NO2/c1-4-6-10(3)8-12(7-5-2)9-11(13)14/h10H,4-9H2,1-3H3,(H,13,14). The van der Waals surface area contributed by atoms with Crippen molar-refractivity contribution in [2.45, 2.75) is 40.0 Å². The van der Waals surface area contributed by atoms with Gasteiger partial charge in [0.2, 0.25) is 0 Å². The molecule has 0 bridgehead atoms. The molecule has 0 amide bonds. The normalized spacial score (nSPS) is 13.1. The zero-order valence-corrected chi connectivity index (χ0v) is 9.62. The molecule has 0 aromatic carbocycles. The van der Waals surface area contributed by atoms with Gasteiger partial charge in [0, 0.05) is 6.54 Å². The Kier molecular flexibility index (Phi) is 7.48. The van der Waals surface area contributed by atoms with E-state index in [2.05, 4.69) is 20.8 Å². The number of carbonyl (C=O) groups is 1. The molecule has 1 N–H and O–H groups in total. The highest BCUT2D eigenvalue weighted by Crippen LogP contribution is 2.07. The fourth-order valence-corrected chi connectivity index (χ4v) is 1.77. The van der Waals surface area contributed by atoms with Crippen LogP contribution in [0.3, 0.4) is 0 Å². The third kappa shape index (κ3) is 6.89. The van der Waals surface area contributed by atoms with Gasteiger partial charge in [-0.15, -0.1) is 0 Å². The summed E-state index contributed by atoms with van der Waals surface area (Å²) < 4.78 is 0. The van der Waals surface area contributed by atoms with Gasteiger partial charge in [-0.25, -0.2) is 0 Å².